The van der Waals surface area contributed by atoms with Crippen LogP contribution in [0.2, 0.25) is 0 Å². The van der Waals surface area contributed by atoms with Crippen LogP contribution in [0.4, 0.5) is 0 Å². The van der Waals surface area contributed by atoms with Gasteiger partial charge >= 0.3 is 11.9 Å². The molecule has 124 valence electrons. The van der Waals surface area contributed by atoms with Crippen molar-refractivity contribution in [1.82, 2.24) is 4.72 Å². The van der Waals surface area contributed by atoms with Crippen molar-refractivity contribution >= 4 is 22.0 Å². The maximum absolute atomic E-state index is 11.7. The number of carboxylic acid groups (broad SMARTS) is 1. The molecule has 0 rings (SSSR count). The fourth-order valence-corrected chi connectivity index (χ4v) is 2.94. The molecule has 0 unspecified atom stereocenters. The van der Waals surface area contributed by atoms with E-state index in [4.69, 9.17) is 9.84 Å². The van der Waals surface area contributed by atoms with E-state index >= 15 is 0 Å². The Bertz CT molecular complexity index is 452. The number of carbonyl (C=O) groups excluding carboxylic acids is 1. The van der Waals surface area contributed by atoms with Gasteiger partial charge in [0, 0.05) is 6.42 Å². The van der Waals surface area contributed by atoms with Crippen LogP contribution in [0.15, 0.2) is 0 Å². The summed E-state index contributed by atoms with van der Waals surface area (Å²) in [6.07, 6.45) is 0.838. The second-order valence-corrected chi connectivity index (χ2v) is 7.68. The minimum absolute atomic E-state index is 0.125. The van der Waals surface area contributed by atoms with E-state index in [9.17, 15) is 18.0 Å². The first kappa shape index (κ1) is 19.9. The molecule has 0 saturated heterocycles. The number of sulfonamides is 1. The van der Waals surface area contributed by atoms with Gasteiger partial charge in [-0.15, -0.1) is 0 Å². The van der Waals surface area contributed by atoms with E-state index in [1.54, 1.807) is 20.8 Å². The molecular formula is C13H25NO6S. The van der Waals surface area contributed by atoms with Crippen LogP contribution < -0.4 is 4.72 Å². The van der Waals surface area contributed by atoms with Crippen LogP contribution in [0.25, 0.3) is 0 Å². The van der Waals surface area contributed by atoms with Gasteiger partial charge in [-0.2, -0.15) is 0 Å². The van der Waals surface area contributed by atoms with Gasteiger partial charge in [0.15, 0.2) is 0 Å². The van der Waals surface area contributed by atoms with Crippen LogP contribution in [0.3, 0.4) is 0 Å². The molecule has 0 bridgehead atoms. The fraction of sp³-hybridized carbons (Fsp3) is 0.846. The van der Waals surface area contributed by atoms with Crippen molar-refractivity contribution in [3.8, 4) is 0 Å². The highest BCUT2D eigenvalue weighted by Gasteiger charge is 2.25. The van der Waals surface area contributed by atoms with Gasteiger partial charge in [0.2, 0.25) is 10.0 Å². The number of carboxylic acids is 1. The molecule has 0 fully saturated rings. The number of aliphatic carboxylic acids is 1. The van der Waals surface area contributed by atoms with Crippen molar-refractivity contribution in [2.45, 2.75) is 65.0 Å². The zero-order chi connectivity index (χ0) is 16.7. The van der Waals surface area contributed by atoms with E-state index in [0.717, 1.165) is 0 Å². The molecule has 7 nitrogen and oxygen atoms in total. The third-order valence-corrected chi connectivity index (χ3v) is 3.91. The molecule has 0 aromatic rings. The van der Waals surface area contributed by atoms with Crippen molar-refractivity contribution < 1.29 is 27.9 Å². The molecule has 0 aromatic carbocycles. The second-order valence-electron chi connectivity index (χ2n) is 5.81. The van der Waals surface area contributed by atoms with E-state index in [0.29, 0.717) is 12.8 Å². The number of nitrogens with one attached hydrogen (secondary N) is 1. The summed E-state index contributed by atoms with van der Waals surface area (Å²) in [5.41, 5.74) is -0.656. The molecule has 0 radical (unpaired) electrons. The minimum Gasteiger partial charge on any atom is -0.480 e. The van der Waals surface area contributed by atoms with Gasteiger partial charge in [-0.1, -0.05) is 13.3 Å². The lowest BCUT2D eigenvalue weighted by molar-refractivity contribution is -0.155. The molecule has 0 heterocycles. The molecule has 2 N–H and O–H groups in total. The van der Waals surface area contributed by atoms with Gasteiger partial charge in [0.1, 0.15) is 11.6 Å². The molecule has 0 spiro atoms. The Labute approximate surface area is 126 Å². The van der Waals surface area contributed by atoms with Crippen LogP contribution in [-0.4, -0.2) is 42.9 Å². The van der Waals surface area contributed by atoms with Crippen LogP contribution in [0, 0.1) is 0 Å². The zero-order valence-electron chi connectivity index (χ0n) is 13.0. The summed E-state index contributed by atoms with van der Waals surface area (Å²) in [5.74, 6) is -1.99. The highest BCUT2D eigenvalue weighted by atomic mass is 32.2. The van der Waals surface area contributed by atoms with Gasteiger partial charge in [-0.05, 0) is 33.6 Å². The molecular weight excluding hydrogens is 298 g/mol. The van der Waals surface area contributed by atoms with Crippen LogP contribution >= 0.6 is 0 Å². The average Bonchev–Trinajstić information content (AvgIpc) is 2.29. The van der Waals surface area contributed by atoms with Gasteiger partial charge < -0.3 is 9.84 Å². The van der Waals surface area contributed by atoms with Gasteiger partial charge in [0.25, 0.3) is 0 Å². The molecule has 8 heteroatoms. The molecule has 0 aliphatic rings. The zero-order valence-corrected chi connectivity index (χ0v) is 13.8. The monoisotopic (exact) mass is 323 g/mol. The molecule has 1 atom stereocenters. The molecule has 0 amide bonds. The predicted molar refractivity (Wildman–Crippen MR) is 78.3 cm³/mol. The maximum Gasteiger partial charge on any atom is 0.321 e. The normalized spacial score (nSPS) is 13.7. The Kier molecular flexibility index (Phi) is 7.87. The smallest absolute Gasteiger partial charge is 0.321 e. The van der Waals surface area contributed by atoms with E-state index in [1.807, 2.05) is 6.92 Å². The summed E-state index contributed by atoms with van der Waals surface area (Å²) in [5, 5.41) is 9.03. The molecule has 21 heavy (non-hydrogen) atoms. The number of carbonyl (C=O) groups is 2. The Balaban J connectivity index is 4.52. The number of unbranched alkanes of at least 4 members (excludes halogenated alkanes) is 1. The molecule has 0 saturated carbocycles. The Morgan fingerprint density at radius 2 is 1.86 bits per heavy atom. The van der Waals surface area contributed by atoms with Gasteiger partial charge in [0.05, 0.1) is 5.75 Å². The first-order valence-electron chi connectivity index (χ1n) is 6.91. The van der Waals surface area contributed by atoms with Crippen molar-refractivity contribution in [3.05, 3.63) is 0 Å². The highest BCUT2D eigenvalue weighted by molar-refractivity contribution is 7.89. The van der Waals surface area contributed by atoms with E-state index < -0.39 is 33.6 Å². The van der Waals surface area contributed by atoms with Crippen LogP contribution in [0.5, 0.6) is 0 Å². The van der Waals surface area contributed by atoms with Crippen LogP contribution in [-0.2, 0) is 24.3 Å². The topological polar surface area (TPSA) is 110 Å². The van der Waals surface area contributed by atoms with Crippen molar-refractivity contribution in [2.75, 3.05) is 5.75 Å². The average molecular weight is 323 g/mol. The Morgan fingerprint density at radius 1 is 1.29 bits per heavy atom. The summed E-state index contributed by atoms with van der Waals surface area (Å²) in [6, 6.07) is -1.32. The summed E-state index contributed by atoms with van der Waals surface area (Å²) < 4.78 is 30.5. The summed E-state index contributed by atoms with van der Waals surface area (Å²) in [6.45, 7) is 6.94. The number of rotatable bonds is 9. The summed E-state index contributed by atoms with van der Waals surface area (Å²) >= 11 is 0. The lowest BCUT2D eigenvalue weighted by Crippen LogP contribution is -2.42. The van der Waals surface area contributed by atoms with E-state index in [1.165, 1.54) is 0 Å². The first-order valence-corrected chi connectivity index (χ1v) is 8.56. The Hall–Kier alpha value is -1.15. The summed E-state index contributed by atoms with van der Waals surface area (Å²) in [7, 11) is -3.65. The largest absolute Gasteiger partial charge is 0.480 e. The number of esters is 1. The van der Waals surface area contributed by atoms with Gasteiger partial charge in [-0.25, -0.2) is 13.1 Å². The number of hydrogen-bond acceptors (Lipinski definition) is 5. The highest BCUT2D eigenvalue weighted by Crippen LogP contribution is 2.10. The van der Waals surface area contributed by atoms with Crippen molar-refractivity contribution in [3.63, 3.8) is 0 Å². The van der Waals surface area contributed by atoms with E-state index in [-0.39, 0.29) is 18.6 Å². The summed E-state index contributed by atoms with van der Waals surface area (Å²) in [4.78, 5) is 22.6. The van der Waals surface area contributed by atoms with Crippen molar-refractivity contribution in [2.24, 2.45) is 0 Å². The van der Waals surface area contributed by atoms with Crippen LogP contribution in [0.1, 0.15) is 53.4 Å². The third kappa shape index (κ3) is 10.3. The third-order valence-electron chi connectivity index (χ3n) is 2.44. The van der Waals surface area contributed by atoms with E-state index in [2.05, 4.69) is 4.72 Å². The molecule has 0 aliphatic carbocycles. The van der Waals surface area contributed by atoms with Crippen molar-refractivity contribution in [1.29, 1.82) is 0 Å². The number of hydrogen-bond donors (Lipinski definition) is 2. The minimum atomic E-state index is -3.65. The lowest BCUT2D eigenvalue weighted by Gasteiger charge is -2.20. The SMILES string of the molecule is CCCCS(=O)(=O)N[C@H](CCC(=O)OC(C)(C)C)C(=O)O. The molecule has 0 aromatic heterocycles. The maximum atomic E-state index is 11.7. The fourth-order valence-electron chi connectivity index (χ4n) is 1.50. The Morgan fingerprint density at radius 3 is 2.29 bits per heavy atom. The standard InChI is InChI=1S/C13H25NO6S/c1-5-6-9-21(18,19)14-10(12(16)17)7-8-11(15)20-13(2,3)4/h10,14H,5-9H2,1-4H3,(H,16,17)/t10-/m1/s1. The quantitative estimate of drug-likeness (QED) is 0.619. The predicted octanol–water partition coefficient (Wildman–Crippen LogP) is 1.28. The number of ether oxygens (including phenoxy) is 1. The second kappa shape index (κ2) is 8.33. The van der Waals surface area contributed by atoms with Gasteiger partial charge in [-0.3, -0.25) is 9.59 Å². The molecule has 0 aliphatic heterocycles. The lowest BCUT2D eigenvalue weighted by atomic mass is 10.1. The first-order chi connectivity index (χ1) is 9.47.